The van der Waals surface area contributed by atoms with Gasteiger partial charge >= 0.3 is 0 Å². The van der Waals surface area contributed by atoms with E-state index in [9.17, 15) is 18.3 Å². The highest BCUT2D eigenvalue weighted by molar-refractivity contribution is 7.89. The van der Waals surface area contributed by atoms with Crippen LogP contribution in [-0.2, 0) is 27.0 Å². The average molecular weight is 609 g/mol. The molecule has 0 aromatic heterocycles. The number of anilines is 2. The molecule has 4 aromatic rings. The highest BCUT2D eigenvalue weighted by Crippen LogP contribution is 2.45. The zero-order valence-corrected chi connectivity index (χ0v) is 24.2. The number of nitrogens with zero attached hydrogens (tertiary/aromatic N) is 2. The number of nitrogens with two attached hydrogens (primary N) is 1. The van der Waals surface area contributed by atoms with Gasteiger partial charge < -0.3 is 14.9 Å². The molecule has 4 aromatic carbocycles. The molecule has 7 nitrogen and oxygen atoms in total. The van der Waals surface area contributed by atoms with Gasteiger partial charge in [0.05, 0.1) is 27.2 Å². The van der Waals surface area contributed by atoms with Crippen LogP contribution in [0.4, 0.5) is 11.4 Å². The summed E-state index contributed by atoms with van der Waals surface area (Å²) < 4.78 is 23.4. The minimum atomic E-state index is -3.91. The lowest BCUT2D eigenvalue weighted by atomic mass is 9.87. The third-order valence-corrected chi connectivity index (χ3v) is 9.65. The Morgan fingerprint density at radius 2 is 1.63 bits per heavy atom. The van der Waals surface area contributed by atoms with Gasteiger partial charge in [0.1, 0.15) is 0 Å². The van der Waals surface area contributed by atoms with Crippen molar-refractivity contribution in [2.75, 3.05) is 22.9 Å². The Morgan fingerprint density at radius 1 is 0.927 bits per heavy atom. The van der Waals surface area contributed by atoms with E-state index in [1.165, 1.54) is 29.8 Å². The molecule has 1 saturated heterocycles. The van der Waals surface area contributed by atoms with Crippen LogP contribution in [0.3, 0.4) is 0 Å². The van der Waals surface area contributed by atoms with E-state index in [-0.39, 0.29) is 17.0 Å². The molecule has 0 spiro atoms. The Hall–Kier alpha value is -3.40. The average Bonchev–Trinajstić information content (AvgIpc) is 3.54. The van der Waals surface area contributed by atoms with E-state index in [2.05, 4.69) is 17.0 Å². The number of amides is 1. The fourth-order valence-corrected chi connectivity index (χ4v) is 6.61. The van der Waals surface area contributed by atoms with Crippen molar-refractivity contribution in [3.05, 3.63) is 123 Å². The summed E-state index contributed by atoms with van der Waals surface area (Å²) in [4.78, 5) is 17.6. The minimum Gasteiger partial charge on any atom is -0.372 e. The number of halogens is 2. The van der Waals surface area contributed by atoms with Crippen molar-refractivity contribution in [2.45, 2.75) is 29.4 Å². The summed E-state index contributed by atoms with van der Waals surface area (Å²) in [6.07, 6.45) is 1.01. The first-order valence-corrected chi connectivity index (χ1v) is 15.4. The summed E-state index contributed by atoms with van der Waals surface area (Å²) in [6, 6.07) is 26.4. The topological polar surface area (TPSA) is 104 Å². The van der Waals surface area contributed by atoms with Gasteiger partial charge in [-0.05, 0) is 65.6 Å². The molecule has 10 heteroatoms. The molecule has 2 aliphatic rings. The molecule has 3 N–H and O–H groups in total. The minimum absolute atomic E-state index is 0.0955. The third-order valence-electron chi connectivity index (χ3n) is 7.99. The van der Waals surface area contributed by atoms with Crippen molar-refractivity contribution in [3.63, 3.8) is 0 Å². The molecule has 2 aliphatic heterocycles. The lowest BCUT2D eigenvalue weighted by Crippen LogP contribution is -2.40. The third kappa shape index (κ3) is 5.00. The summed E-state index contributed by atoms with van der Waals surface area (Å²) in [7, 11) is -3.91. The summed E-state index contributed by atoms with van der Waals surface area (Å²) >= 11 is 12.3. The lowest BCUT2D eigenvalue weighted by molar-refractivity contribution is -0.132. The molecule has 0 bridgehead atoms. The van der Waals surface area contributed by atoms with E-state index in [1.54, 1.807) is 23.1 Å². The van der Waals surface area contributed by atoms with Crippen molar-refractivity contribution in [1.29, 1.82) is 0 Å². The predicted octanol–water partition coefficient (Wildman–Crippen LogP) is 5.42. The first-order chi connectivity index (χ1) is 19.6. The SMILES string of the molecule is NS(=O)(=O)c1ccc(C2(O)C(=O)N(Cc3ccc(N4CCC(c5ccc(Cl)c(Cl)c5)C4)cc3)c3ccccc32)cc1. The molecular formula is C31H27Cl2N3O4S. The number of aliphatic hydroxyl groups is 1. The fraction of sp³-hybridized carbons (Fsp3) is 0.194. The number of para-hydroxylation sites is 1. The smallest absolute Gasteiger partial charge is 0.268 e. The number of carbonyl (C=O) groups excluding carboxylic acids is 1. The van der Waals surface area contributed by atoms with Crippen LogP contribution in [0.1, 0.15) is 34.6 Å². The molecule has 0 aliphatic carbocycles. The second-order valence-corrected chi connectivity index (χ2v) is 12.8. The van der Waals surface area contributed by atoms with Gasteiger partial charge in [-0.15, -0.1) is 0 Å². The number of sulfonamides is 1. The van der Waals surface area contributed by atoms with E-state index in [1.807, 2.05) is 36.4 Å². The molecule has 0 radical (unpaired) electrons. The van der Waals surface area contributed by atoms with Crippen molar-refractivity contribution >= 4 is 50.5 Å². The van der Waals surface area contributed by atoms with Crippen LogP contribution in [0.5, 0.6) is 0 Å². The van der Waals surface area contributed by atoms with E-state index in [4.69, 9.17) is 28.3 Å². The highest BCUT2D eigenvalue weighted by atomic mass is 35.5. The van der Waals surface area contributed by atoms with Gasteiger partial charge in [-0.1, -0.05) is 71.7 Å². The normalized spacial score (nSPS) is 20.5. The van der Waals surface area contributed by atoms with Crippen LogP contribution in [0, 0.1) is 0 Å². The molecule has 1 fully saturated rings. The van der Waals surface area contributed by atoms with Gasteiger partial charge in [0.25, 0.3) is 5.91 Å². The number of carbonyl (C=O) groups is 1. The van der Waals surface area contributed by atoms with E-state index < -0.39 is 21.5 Å². The number of primary sulfonamides is 1. The molecule has 2 atom stereocenters. The van der Waals surface area contributed by atoms with Gasteiger partial charge in [-0.25, -0.2) is 13.6 Å². The number of hydrogen-bond donors (Lipinski definition) is 2. The van der Waals surface area contributed by atoms with Gasteiger partial charge in [0, 0.05) is 30.3 Å². The maximum atomic E-state index is 13.8. The zero-order chi connectivity index (χ0) is 28.9. The van der Waals surface area contributed by atoms with E-state index in [0.29, 0.717) is 27.2 Å². The summed E-state index contributed by atoms with van der Waals surface area (Å²) in [5.74, 6) is -0.144. The maximum absolute atomic E-state index is 13.8. The Morgan fingerprint density at radius 3 is 2.32 bits per heavy atom. The van der Waals surface area contributed by atoms with Crippen LogP contribution in [0.15, 0.2) is 95.9 Å². The fourth-order valence-electron chi connectivity index (χ4n) is 5.78. The summed E-state index contributed by atoms with van der Waals surface area (Å²) in [5, 5.41) is 18.1. The monoisotopic (exact) mass is 607 g/mol. The van der Waals surface area contributed by atoms with Crippen LogP contribution < -0.4 is 14.9 Å². The molecule has 2 unspecified atom stereocenters. The molecule has 1 amide bonds. The first-order valence-electron chi connectivity index (χ1n) is 13.1. The number of benzene rings is 4. The van der Waals surface area contributed by atoms with Gasteiger partial charge in [0.15, 0.2) is 5.60 Å². The predicted molar refractivity (Wildman–Crippen MR) is 161 cm³/mol. The summed E-state index contributed by atoms with van der Waals surface area (Å²) in [5.41, 5.74) is 2.53. The Balaban J connectivity index is 1.21. The van der Waals surface area contributed by atoms with E-state index in [0.717, 1.165) is 30.8 Å². The second kappa shape index (κ2) is 10.5. The van der Waals surface area contributed by atoms with Crippen molar-refractivity contribution in [3.8, 4) is 0 Å². The van der Waals surface area contributed by atoms with Crippen LogP contribution in [0.25, 0.3) is 0 Å². The zero-order valence-electron chi connectivity index (χ0n) is 21.9. The Bertz CT molecular complexity index is 1750. The second-order valence-electron chi connectivity index (χ2n) is 10.5. The van der Waals surface area contributed by atoms with E-state index >= 15 is 0 Å². The van der Waals surface area contributed by atoms with Crippen LogP contribution in [0.2, 0.25) is 10.0 Å². The van der Waals surface area contributed by atoms with Crippen LogP contribution >= 0.6 is 23.2 Å². The maximum Gasteiger partial charge on any atom is 0.268 e. The largest absolute Gasteiger partial charge is 0.372 e. The number of rotatable bonds is 6. The molecule has 6 rings (SSSR count). The number of fused-ring (bicyclic) bond motifs is 1. The highest BCUT2D eigenvalue weighted by Gasteiger charge is 2.51. The molecule has 210 valence electrons. The molecule has 0 saturated carbocycles. The quantitative estimate of drug-likeness (QED) is 0.305. The van der Waals surface area contributed by atoms with Gasteiger partial charge in [-0.2, -0.15) is 0 Å². The molecule has 41 heavy (non-hydrogen) atoms. The molecular weight excluding hydrogens is 581 g/mol. The summed E-state index contributed by atoms with van der Waals surface area (Å²) in [6.45, 7) is 2.05. The van der Waals surface area contributed by atoms with Crippen molar-refractivity contribution in [2.24, 2.45) is 5.14 Å². The van der Waals surface area contributed by atoms with Gasteiger partial charge in [-0.3, -0.25) is 4.79 Å². The first kappa shape index (κ1) is 27.8. The van der Waals surface area contributed by atoms with Crippen molar-refractivity contribution in [1.82, 2.24) is 0 Å². The van der Waals surface area contributed by atoms with Crippen molar-refractivity contribution < 1.29 is 18.3 Å². The van der Waals surface area contributed by atoms with Crippen LogP contribution in [-0.4, -0.2) is 32.5 Å². The Kier molecular flexibility index (Phi) is 7.08. The molecule has 2 heterocycles. The standard InChI is InChI=1S/C31H27Cl2N3O4S/c32-27-14-7-21(17-28(27)33)22-15-16-35(19-22)24-10-5-20(6-11-24)18-36-29-4-2-1-3-26(29)31(38,30(36)37)23-8-12-25(13-9-23)41(34,39)40/h1-14,17,22,38H,15-16,18-19H2,(H2,34,39,40). The lowest BCUT2D eigenvalue weighted by Gasteiger charge is -2.24. The Labute approximate surface area is 248 Å². The van der Waals surface area contributed by atoms with Gasteiger partial charge in [0.2, 0.25) is 10.0 Å². The number of hydrogen-bond acceptors (Lipinski definition) is 5.